The van der Waals surface area contributed by atoms with Crippen LogP contribution in [0.25, 0.3) is 0 Å². The molecule has 2 fully saturated rings. The molecule has 25 heavy (non-hydrogen) atoms. The van der Waals surface area contributed by atoms with Crippen molar-refractivity contribution in [2.24, 2.45) is 4.99 Å². The lowest BCUT2D eigenvalue weighted by atomic mass is 9.89. The highest BCUT2D eigenvalue weighted by Crippen LogP contribution is 2.26. The van der Waals surface area contributed by atoms with E-state index < -0.39 is 0 Å². The van der Waals surface area contributed by atoms with Gasteiger partial charge < -0.3 is 25.2 Å². The van der Waals surface area contributed by atoms with Gasteiger partial charge in [0.1, 0.15) is 0 Å². The Bertz CT molecular complexity index is 460. The van der Waals surface area contributed by atoms with E-state index in [-0.39, 0.29) is 17.5 Å². The fraction of sp³-hybridized carbons (Fsp3) is 0.889. The zero-order valence-electron chi connectivity index (χ0n) is 16.3. The smallest absolute Gasteiger partial charge is 0.222 e. The lowest BCUT2D eigenvalue weighted by Gasteiger charge is -2.41. The van der Waals surface area contributed by atoms with Crippen LogP contribution in [-0.4, -0.2) is 86.7 Å². The van der Waals surface area contributed by atoms with Crippen molar-refractivity contribution in [1.82, 2.24) is 20.4 Å². The normalized spacial score (nSPS) is 23.8. The molecular weight excluding hydrogens is 318 g/mol. The highest BCUT2D eigenvalue weighted by molar-refractivity contribution is 5.80. The third-order valence-corrected chi connectivity index (χ3v) is 5.43. The van der Waals surface area contributed by atoms with Gasteiger partial charge >= 0.3 is 0 Å². The van der Waals surface area contributed by atoms with E-state index in [0.29, 0.717) is 6.42 Å². The number of nitrogens with one attached hydrogen (secondary N) is 2. The topological polar surface area (TPSA) is 69.2 Å². The van der Waals surface area contributed by atoms with E-state index >= 15 is 0 Å². The first kappa shape index (κ1) is 20.0. The molecule has 144 valence electrons. The Kier molecular flexibility index (Phi) is 7.50. The number of hydrogen-bond acceptors (Lipinski definition) is 4. The second kappa shape index (κ2) is 9.38. The molecule has 7 nitrogen and oxygen atoms in total. The van der Waals surface area contributed by atoms with Gasteiger partial charge in [-0.05, 0) is 40.3 Å². The summed E-state index contributed by atoms with van der Waals surface area (Å²) in [4.78, 5) is 21.0. The number of rotatable bonds is 6. The van der Waals surface area contributed by atoms with Crippen molar-refractivity contribution >= 4 is 11.9 Å². The number of guanidine groups is 1. The minimum atomic E-state index is 0.0699. The van der Waals surface area contributed by atoms with Crippen molar-refractivity contribution in [3.05, 3.63) is 0 Å². The number of nitrogens with zero attached hydrogens (tertiary/aromatic N) is 3. The summed E-state index contributed by atoms with van der Waals surface area (Å²) in [6.07, 6.45) is 3.56. The van der Waals surface area contributed by atoms with Gasteiger partial charge in [-0.15, -0.1) is 0 Å². The van der Waals surface area contributed by atoms with Crippen molar-refractivity contribution < 1.29 is 9.53 Å². The number of carbonyl (C=O) groups is 1. The van der Waals surface area contributed by atoms with E-state index in [1.54, 1.807) is 0 Å². The molecule has 0 aromatic carbocycles. The maximum atomic E-state index is 11.9. The number of amides is 1. The van der Waals surface area contributed by atoms with Gasteiger partial charge in [-0.3, -0.25) is 9.79 Å². The van der Waals surface area contributed by atoms with Crippen LogP contribution in [0.4, 0.5) is 0 Å². The molecular formula is C18H35N5O2. The van der Waals surface area contributed by atoms with Gasteiger partial charge in [0, 0.05) is 50.8 Å². The molecule has 2 saturated heterocycles. The molecule has 2 N–H and O–H groups in total. The fourth-order valence-corrected chi connectivity index (χ4v) is 3.57. The Morgan fingerprint density at radius 1 is 1.32 bits per heavy atom. The van der Waals surface area contributed by atoms with Crippen LogP contribution in [0.1, 0.15) is 39.5 Å². The standard InChI is InChI=1S/C18H35N5O2/c1-5-16(24)23-10-7-15(13-23)21-17(19-6-2)20-14-18(22(3)4)8-11-25-12-9-18/h15H,5-14H2,1-4H3,(H2,19,20,21). The summed E-state index contributed by atoms with van der Waals surface area (Å²) < 4.78 is 5.54. The summed E-state index contributed by atoms with van der Waals surface area (Å²) in [5.74, 6) is 1.09. The lowest BCUT2D eigenvalue weighted by molar-refractivity contribution is -0.129. The molecule has 1 unspecified atom stereocenters. The highest BCUT2D eigenvalue weighted by atomic mass is 16.5. The average molecular weight is 354 g/mol. The molecule has 7 heteroatoms. The van der Waals surface area contributed by atoms with E-state index in [4.69, 9.17) is 9.73 Å². The molecule has 0 aromatic rings. The Hall–Kier alpha value is -1.34. The predicted octanol–water partition coefficient (Wildman–Crippen LogP) is 0.663. The third-order valence-electron chi connectivity index (χ3n) is 5.43. The van der Waals surface area contributed by atoms with Crippen LogP contribution in [0.2, 0.25) is 0 Å². The minimum Gasteiger partial charge on any atom is -0.381 e. The van der Waals surface area contributed by atoms with Crippen LogP contribution in [0.5, 0.6) is 0 Å². The molecule has 1 amide bonds. The minimum absolute atomic E-state index is 0.0699. The van der Waals surface area contributed by atoms with Crippen LogP contribution in [0.15, 0.2) is 4.99 Å². The van der Waals surface area contributed by atoms with Crippen molar-refractivity contribution in [2.75, 3.05) is 53.5 Å². The van der Waals surface area contributed by atoms with Gasteiger partial charge in [-0.1, -0.05) is 6.92 Å². The van der Waals surface area contributed by atoms with Crippen LogP contribution in [0, 0.1) is 0 Å². The van der Waals surface area contributed by atoms with Crippen molar-refractivity contribution in [1.29, 1.82) is 0 Å². The summed E-state index contributed by atoms with van der Waals surface area (Å²) >= 11 is 0. The number of ether oxygens (including phenoxy) is 1. The van der Waals surface area contributed by atoms with E-state index in [1.807, 2.05) is 11.8 Å². The summed E-state index contributed by atoms with van der Waals surface area (Å²) in [5, 5.41) is 6.87. The third kappa shape index (κ3) is 5.31. The SMILES string of the molecule is CCNC(=NCC1(N(C)C)CCOCC1)NC1CCN(C(=O)CC)C1. The lowest BCUT2D eigenvalue weighted by Crippen LogP contribution is -2.52. The summed E-state index contributed by atoms with van der Waals surface area (Å²) in [6, 6.07) is 0.276. The van der Waals surface area contributed by atoms with Gasteiger partial charge in [-0.25, -0.2) is 0 Å². The molecule has 1 atom stereocenters. The van der Waals surface area contributed by atoms with E-state index in [2.05, 4.69) is 36.6 Å². The Morgan fingerprint density at radius 3 is 2.64 bits per heavy atom. The van der Waals surface area contributed by atoms with E-state index in [1.165, 1.54) is 0 Å². The first-order valence-corrected chi connectivity index (χ1v) is 9.58. The Labute approximate surface area is 152 Å². The summed E-state index contributed by atoms with van der Waals surface area (Å²) in [6.45, 7) is 8.78. The van der Waals surface area contributed by atoms with Gasteiger partial charge in [0.05, 0.1) is 6.54 Å². The molecule has 0 spiro atoms. The number of likely N-dealkylation sites (N-methyl/N-ethyl adjacent to an activating group) is 1. The summed E-state index contributed by atoms with van der Waals surface area (Å²) in [7, 11) is 4.26. The second-order valence-corrected chi connectivity index (χ2v) is 7.25. The molecule has 2 rings (SSSR count). The van der Waals surface area contributed by atoms with Crippen LogP contribution < -0.4 is 10.6 Å². The molecule has 2 aliphatic rings. The van der Waals surface area contributed by atoms with Gasteiger partial charge in [-0.2, -0.15) is 0 Å². The maximum absolute atomic E-state index is 11.9. The van der Waals surface area contributed by atoms with E-state index in [0.717, 1.165) is 64.6 Å². The summed E-state index contributed by atoms with van der Waals surface area (Å²) in [5.41, 5.74) is 0.0699. The molecule has 0 aromatic heterocycles. The molecule has 0 saturated carbocycles. The van der Waals surface area contributed by atoms with Crippen LogP contribution >= 0.6 is 0 Å². The maximum Gasteiger partial charge on any atom is 0.222 e. The molecule has 0 bridgehead atoms. The average Bonchev–Trinajstić information content (AvgIpc) is 3.08. The molecule has 0 radical (unpaired) electrons. The van der Waals surface area contributed by atoms with E-state index in [9.17, 15) is 4.79 Å². The molecule has 2 aliphatic heterocycles. The monoisotopic (exact) mass is 353 g/mol. The zero-order valence-corrected chi connectivity index (χ0v) is 16.3. The Morgan fingerprint density at radius 2 is 2.04 bits per heavy atom. The van der Waals surface area contributed by atoms with Gasteiger partial charge in [0.15, 0.2) is 5.96 Å². The predicted molar refractivity (Wildman–Crippen MR) is 101 cm³/mol. The van der Waals surface area contributed by atoms with Crippen LogP contribution in [0.3, 0.4) is 0 Å². The Balaban J connectivity index is 1.97. The number of aliphatic imine (C=N–C) groups is 1. The number of likely N-dealkylation sites (tertiary alicyclic amines) is 1. The number of hydrogen-bond donors (Lipinski definition) is 2. The number of carbonyl (C=O) groups excluding carboxylic acids is 1. The quantitative estimate of drug-likeness (QED) is 0.542. The van der Waals surface area contributed by atoms with Crippen LogP contribution in [-0.2, 0) is 9.53 Å². The highest BCUT2D eigenvalue weighted by Gasteiger charge is 2.35. The van der Waals surface area contributed by atoms with Gasteiger partial charge in [0.2, 0.25) is 5.91 Å². The fourth-order valence-electron chi connectivity index (χ4n) is 3.57. The molecule has 2 heterocycles. The first-order valence-electron chi connectivity index (χ1n) is 9.58. The van der Waals surface area contributed by atoms with Crippen molar-refractivity contribution in [2.45, 2.75) is 51.1 Å². The largest absolute Gasteiger partial charge is 0.381 e. The van der Waals surface area contributed by atoms with Gasteiger partial charge in [0.25, 0.3) is 0 Å². The van der Waals surface area contributed by atoms with Crippen molar-refractivity contribution in [3.8, 4) is 0 Å². The zero-order chi connectivity index (χ0) is 18.3. The van der Waals surface area contributed by atoms with Crippen molar-refractivity contribution in [3.63, 3.8) is 0 Å². The second-order valence-electron chi connectivity index (χ2n) is 7.25. The molecule has 0 aliphatic carbocycles. The first-order chi connectivity index (χ1) is 12.0.